The molecule has 1 aromatic rings. The van der Waals surface area contributed by atoms with Crippen molar-refractivity contribution in [3.05, 3.63) is 33.2 Å². The van der Waals surface area contributed by atoms with Crippen LogP contribution in [0.25, 0.3) is 0 Å². The van der Waals surface area contributed by atoms with E-state index >= 15 is 0 Å². The maximum atomic E-state index is 12.5. The fourth-order valence-electron chi connectivity index (χ4n) is 4.06. The molecule has 1 saturated carbocycles. The highest BCUT2D eigenvalue weighted by atomic mass is 16.4. The number of rotatable bonds is 4. The molecule has 6 heteroatoms. The van der Waals surface area contributed by atoms with Crippen LogP contribution in [0.5, 0.6) is 0 Å². The molecule has 0 aromatic carbocycles. The summed E-state index contributed by atoms with van der Waals surface area (Å²) >= 11 is 0. The number of aliphatic carboxylic acids is 1. The van der Waals surface area contributed by atoms with E-state index in [1.54, 1.807) is 6.07 Å². The molecule has 2 aliphatic rings. The molecule has 0 atom stereocenters. The van der Waals surface area contributed by atoms with Gasteiger partial charge in [0, 0.05) is 12.2 Å². The highest BCUT2D eigenvalue weighted by molar-refractivity contribution is 5.94. The molecule has 0 aliphatic heterocycles. The van der Waals surface area contributed by atoms with E-state index in [1.165, 1.54) is 0 Å². The van der Waals surface area contributed by atoms with Crippen molar-refractivity contribution in [3.63, 3.8) is 0 Å². The number of amides is 1. The number of carboxylic acid groups (broad SMARTS) is 1. The molecule has 0 bridgehead atoms. The maximum absolute atomic E-state index is 12.5. The molecule has 0 unspecified atom stereocenters. The van der Waals surface area contributed by atoms with Crippen molar-refractivity contribution in [1.82, 2.24) is 10.3 Å². The molecule has 6 nitrogen and oxygen atoms in total. The van der Waals surface area contributed by atoms with Crippen LogP contribution < -0.4 is 10.9 Å². The van der Waals surface area contributed by atoms with Crippen molar-refractivity contribution >= 4 is 11.9 Å². The summed E-state index contributed by atoms with van der Waals surface area (Å²) in [7, 11) is 0. The summed E-state index contributed by atoms with van der Waals surface area (Å²) in [6, 6.07) is 1.70. The first-order valence-corrected chi connectivity index (χ1v) is 9.28. The number of fused-ring (bicyclic) bond motifs is 1. The number of hydrogen-bond acceptors (Lipinski definition) is 3. The Balaban J connectivity index is 1.76. The Morgan fingerprint density at radius 1 is 1.08 bits per heavy atom. The lowest BCUT2D eigenvalue weighted by atomic mass is 9.74. The van der Waals surface area contributed by atoms with Gasteiger partial charge in [-0.25, -0.2) is 0 Å². The van der Waals surface area contributed by atoms with Crippen LogP contribution in [-0.4, -0.2) is 28.5 Å². The van der Waals surface area contributed by atoms with E-state index in [9.17, 15) is 19.5 Å². The quantitative estimate of drug-likeness (QED) is 0.729. The lowest BCUT2D eigenvalue weighted by molar-refractivity contribution is -0.150. The van der Waals surface area contributed by atoms with Crippen molar-refractivity contribution in [3.8, 4) is 0 Å². The number of carbonyl (C=O) groups excluding carboxylic acids is 1. The van der Waals surface area contributed by atoms with Gasteiger partial charge >= 0.3 is 5.97 Å². The molecule has 0 spiro atoms. The Morgan fingerprint density at radius 3 is 2.48 bits per heavy atom. The molecule has 3 N–H and O–H groups in total. The van der Waals surface area contributed by atoms with E-state index in [-0.39, 0.29) is 17.7 Å². The first-order chi connectivity index (χ1) is 12.0. The number of aromatic nitrogens is 1. The number of carbonyl (C=O) groups is 2. The topological polar surface area (TPSA) is 99.3 Å². The van der Waals surface area contributed by atoms with Crippen LogP contribution in [0, 0.1) is 5.41 Å². The standard InChI is InChI=1S/C19H26N2O4/c22-16(20-12-19(18(24)25)9-5-2-6-10-19)14-11-13-7-3-1-4-8-15(13)21-17(14)23/h11H,1-10,12H2,(H,20,22)(H,21,23)(H,24,25). The van der Waals surface area contributed by atoms with E-state index in [1.807, 2.05) is 0 Å². The van der Waals surface area contributed by atoms with Crippen LogP contribution in [0.1, 0.15) is 73.0 Å². The zero-order chi connectivity index (χ0) is 17.9. The van der Waals surface area contributed by atoms with Crippen LogP contribution in [0.2, 0.25) is 0 Å². The van der Waals surface area contributed by atoms with Crippen molar-refractivity contribution in [1.29, 1.82) is 0 Å². The molecule has 1 aromatic heterocycles. The molecule has 2 aliphatic carbocycles. The fourth-order valence-corrected chi connectivity index (χ4v) is 4.06. The Kier molecular flexibility index (Phi) is 5.25. The summed E-state index contributed by atoms with van der Waals surface area (Å²) in [5.41, 5.74) is 0.788. The van der Waals surface area contributed by atoms with Crippen molar-refractivity contribution in [2.75, 3.05) is 6.54 Å². The molecule has 0 saturated heterocycles. The predicted octanol–water partition coefficient (Wildman–Crippen LogP) is 2.41. The summed E-state index contributed by atoms with van der Waals surface area (Å²) in [5.74, 6) is -1.33. The minimum Gasteiger partial charge on any atom is -0.481 e. The molecule has 1 amide bonds. The molecular formula is C19H26N2O4. The van der Waals surface area contributed by atoms with Gasteiger partial charge in [-0.3, -0.25) is 14.4 Å². The number of aromatic amines is 1. The summed E-state index contributed by atoms with van der Waals surface area (Å²) in [6.07, 6.45) is 8.85. The second kappa shape index (κ2) is 7.42. The average Bonchev–Trinajstić information content (AvgIpc) is 2.84. The third-order valence-corrected chi connectivity index (χ3v) is 5.68. The number of nitrogens with one attached hydrogen (secondary N) is 2. The third-order valence-electron chi connectivity index (χ3n) is 5.68. The van der Waals surface area contributed by atoms with Gasteiger partial charge in [-0.05, 0) is 50.2 Å². The average molecular weight is 346 g/mol. The Hall–Kier alpha value is -2.11. The zero-order valence-corrected chi connectivity index (χ0v) is 14.5. The van der Waals surface area contributed by atoms with Crippen LogP contribution in [0.3, 0.4) is 0 Å². The van der Waals surface area contributed by atoms with Gasteiger partial charge in [0.15, 0.2) is 0 Å². The highest BCUT2D eigenvalue weighted by Gasteiger charge is 2.40. The van der Waals surface area contributed by atoms with Gasteiger partial charge in [-0.15, -0.1) is 0 Å². The smallest absolute Gasteiger partial charge is 0.311 e. The summed E-state index contributed by atoms with van der Waals surface area (Å²) in [5, 5.41) is 12.3. The van der Waals surface area contributed by atoms with Gasteiger partial charge in [0.05, 0.1) is 5.41 Å². The van der Waals surface area contributed by atoms with Crippen molar-refractivity contribution in [2.24, 2.45) is 5.41 Å². The van der Waals surface area contributed by atoms with Gasteiger partial charge < -0.3 is 15.4 Å². The van der Waals surface area contributed by atoms with Gasteiger partial charge in [-0.1, -0.05) is 25.7 Å². The second-order valence-electron chi connectivity index (χ2n) is 7.41. The summed E-state index contributed by atoms with van der Waals surface area (Å²) in [4.78, 5) is 39.4. The van der Waals surface area contributed by atoms with E-state index in [4.69, 9.17) is 0 Å². The van der Waals surface area contributed by atoms with Gasteiger partial charge in [0.1, 0.15) is 5.56 Å². The minimum atomic E-state index is -0.896. The zero-order valence-electron chi connectivity index (χ0n) is 14.5. The van der Waals surface area contributed by atoms with Gasteiger partial charge in [0.2, 0.25) is 0 Å². The minimum absolute atomic E-state index is 0.0810. The van der Waals surface area contributed by atoms with Crippen molar-refractivity contribution < 1.29 is 14.7 Å². The number of aryl methyl sites for hydroxylation is 2. The lowest BCUT2D eigenvalue weighted by Gasteiger charge is -2.33. The molecule has 0 radical (unpaired) electrons. The molecule has 1 heterocycles. The Bertz CT molecular complexity index is 717. The Labute approximate surface area is 147 Å². The van der Waals surface area contributed by atoms with Crippen LogP contribution in [-0.2, 0) is 17.6 Å². The molecule has 136 valence electrons. The first-order valence-electron chi connectivity index (χ1n) is 9.28. The molecule has 3 rings (SSSR count). The number of hydrogen-bond donors (Lipinski definition) is 3. The van der Waals surface area contributed by atoms with Gasteiger partial charge in [0.25, 0.3) is 11.5 Å². The normalized spacial score (nSPS) is 19.5. The van der Waals surface area contributed by atoms with E-state index in [0.29, 0.717) is 12.8 Å². The number of pyridine rings is 1. The Morgan fingerprint density at radius 2 is 1.76 bits per heavy atom. The van der Waals surface area contributed by atoms with E-state index in [2.05, 4.69) is 10.3 Å². The molecule has 1 fully saturated rings. The highest BCUT2D eigenvalue weighted by Crippen LogP contribution is 2.36. The predicted molar refractivity (Wildman–Crippen MR) is 93.8 cm³/mol. The number of carboxylic acids is 1. The maximum Gasteiger partial charge on any atom is 0.311 e. The van der Waals surface area contributed by atoms with E-state index in [0.717, 1.165) is 62.6 Å². The molecular weight excluding hydrogens is 320 g/mol. The summed E-state index contributed by atoms with van der Waals surface area (Å²) < 4.78 is 0. The van der Waals surface area contributed by atoms with Crippen LogP contribution in [0.4, 0.5) is 0 Å². The fraction of sp³-hybridized carbons (Fsp3) is 0.632. The van der Waals surface area contributed by atoms with E-state index < -0.39 is 17.3 Å². The lowest BCUT2D eigenvalue weighted by Crippen LogP contribution is -2.45. The largest absolute Gasteiger partial charge is 0.481 e. The second-order valence-corrected chi connectivity index (χ2v) is 7.41. The SMILES string of the molecule is O=C(NCC1(C(=O)O)CCCCC1)c1cc2c([nH]c1=O)CCCCC2. The van der Waals surface area contributed by atoms with Crippen LogP contribution in [0.15, 0.2) is 10.9 Å². The third kappa shape index (κ3) is 3.78. The van der Waals surface area contributed by atoms with Gasteiger partial charge in [-0.2, -0.15) is 0 Å². The monoisotopic (exact) mass is 346 g/mol. The first kappa shape index (κ1) is 17.7. The molecule has 25 heavy (non-hydrogen) atoms. The van der Waals surface area contributed by atoms with Crippen molar-refractivity contribution in [2.45, 2.75) is 64.2 Å². The number of H-pyrrole nitrogens is 1. The summed E-state index contributed by atoms with van der Waals surface area (Å²) in [6.45, 7) is 0.0810. The van der Waals surface area contributed by atoms with Crippen LogP contribution >= 0.6 is 0 Å².